The van der Waals surface area contributed by atoms with Crippen molar-refractivity contribution in [2.24, 2.45) is 5.92 Å². The van der Waals surface area contributed by atoms with E-state index in [2.05, 4.69) is 22.2 Å². The van der Waals surface area contributed by atoms with Crippen LogP contribution in [-0.2, 0) is 18.1 Å². The van der Waals surface area contributed by atoms with E-state index in [9.17, 15) is 23.1 Å². The molecule has 1 atom stereocenters. The second kappa shape index (κ2) is 9.36. The highest BCUT2D eigenvalue weighted by Crippen LogP contribution is 2.53. The lowest BCUT2D eigenvalue weighted by atomic mass is 9.80. The zero-order valence-corrected chi connectivity index (χ0v) is 21.4. The number of aromatic carboxylic acids is 1. The summed E-state index contributed by atoms with van der Waals surface area (Å²) in [5.74, 6) is -0.0559. The van der Waals surface area contributed by atoms with Gasteiger partial charge >= 0.3 is 12.1 Å². The first-order chi connectivity index (χ1) is 18.7. The van der Waals surface area contributed by atoms with Gasteiger partial charge in [0.05, 0.1) is 11.0 Å². The Hall–Kier alpha value is -3.95. The van der Waals surface area contributed by atoms with E-state index < -0.39 is 23.1 Å². The highest BCUT2D eigenvalue weighted by atomic mass is 19.4. The number of benzene rings is 2. The molecule has 4 aromatic rings. The quantitative estimate of drug-likeness (QED) is 0.276. The molecule has 2 fully saturated rings. The molecular weight excluding hydrogens is 507 g/mol. The minimum Gasteiger partial charge on any atom is -0.475 e. The molecule has 2 aliphatic rings. The molecule has 2 aromatic carbocycles. The van der Waals surface area contributed by atoms with E-state index in [1.807, 2.05) is 34.9 Å². The van der Waals surface area contributed by atoms with Crippen molar-refractivity contribution in [3.63, 3.8) is 0 Å². The Balaban J connectivity index is 1.52. The fourth-order valence-corrected chi connectivity index (χ4v) is 5.53. The van der Waals surface area contributed by atoms with Gasteiger partial charge in [0.1, 0.15) is 11.3 Å². The average Bonchev–Trinajstić information content (AvgIpc) is 3.59. The average molecular weight is 536 g/mol. The predicted octanol–water partition coefficient (Wildman–Crippen LogP) is 6.27. The highest BCUT2D eigenvalue weighted by Gasteiger charge is 2.50. The number of aromatic nitrogens is 4. The standard InChI is InChI=1S/C29H28F3N5O2/c1-17(19-6-5-7-19)33-23-22-24(35-25(34-23)26(38)39)36-27(28(14-15-28)20-8-3-2-4-9-20)37(22)16-18-10-12-21(13-11-18)29(30,31)32/h2-4,8-13,17,19H,5-7,14-16H2,1H3,(H,38,39)(H,33,34,35). The molecule has 2 heterocycles. The van der Waals surface area contributed by atoms with Crippen molar-refractivity contribution in [2.75, 3.05) is 5.32 Å². The third kappa shape index (κ3) is 4.62. The first kappa shape index (κ1) is 25.3. The Morgan fingerprint density at radius 3 is 2.33 bits per heavy atom. The lowest BCUT2D eigenvalue weighted by molar-refractivity contribution is -0.137. The molecule has 7 nitrogen and oxygen atoms in total. The number of fused-ring (bicyclic) bond motifs is 1. The molecule has 0 bridgehead atoms. The van der Waals surface area contributed by atoms with E-state index in [4.69, 9.17) is 4.98 Å². The Kier molecular flexibility index (Phi) is 6.08. The number of carboxylic acid groups (broad SMARTS) is 1. The van der Waals surface area contributed by atoms with Crippen LogP contribution in [0, 0.1) is 5.92 Å². The number of hydrogen-bond acceptors (Lipinski definition) is 5. The zero-order valence-electron chi connectivity index (χ0n) is 21.4. The van der Waals surface area contributed by atoms with Crippen molar-refractivity contribution in [1.29, 1.82) is 0 Å². The number of nitrogens with one attached hydrogen (secondary N) is 1. The maximum Gasteiger partial charge on any atom is 0.416 e. The fraction of sp³-hybridized carbons (Fsp3) is 0.379. The largest absolute Gasteiger partial charge is 0.475 e. The number of alkyl halides is 3. The summed E-state index contributed by atoms with van der Waals surface area (Å²) in [6, 6.07) is 15.1. The summed E-state index contributed by atoms with van der Waals surface area (Å²) in [4.78, 5) is 25.5. The van der Waals surface area contributed by atoms with Crippen LogP contribution >= 0.6 is 0 Å². The van der Waals surface area contributed by atoms with Crippen LogP contribution in [-0.4, -0.2) is 36.6 Å². The maximum absolute atomic E-state index is 13.2. The molecule has 0 aliphatic heterocycles. The van der Waals surface area contributed by atoms with Gasteiger partial charge in [-0.05, 0) is 61.8 Å². The fourth-order valence-electron chi connectivity index (χ4n) is 5.53. The topological polar surface area (TPSA) is 92.9 Å². The maximum atomic E-state index is 13.2. The molecule has 1 unspecified atom stereocenters. The van der Waals surface area contributed by atoms with Crippen LogP contribution in [0.2, 0.25) is 0 Å². The van der Waals surface area contributed by atoms with Gasteiger partial charge in [-0.25, -0.2) is 19.7 Å². The molecule has 0 saturated heterocycles. The molecular formula is C29H28F3N5O2. The zero-order chi connectivity index (χ0) is 27.4. The van der Waals surface area contributed by atoms with Gasteiger partial charge in [0.25, 0.3) is 0 Å². The number of anilines is 1. The number of imidazole rings is 1. The molecule has 2 saturated carbocycles. The molecule has 10 heteroatoms. The molecule has 2 N–H and O–H groups in total. The smallest absolute Gasteiger partial charge is 0.416 e. The lowest BCUT2D eigenvalue weighted by Crippen LogP contribution is -2.31. The van der Waals surface area contributed by atoms with Gasteiger partial charge in [-0.2, -0.15) is 13.2 Å². The number of nitrogens with zero attached hydrogens (tertiary/aromatic N) is 4. The van der Waals surface area contributed by atoms with E-state index in [-0.39, 0.29) is 24.1 Å². The van der Waals surface area contributed by atoms with E-state index in [1.165, 1.54) is 12.1 Å². The summed E-state index contributed by atoms with van der Waals surface area (Å²) in [7, 11) is 0. The minimum atomic E-state index is -4.42. The van der Waals surface area contributed by atoms with Crippen molar-refractivity contribution >= 4 is 23.0 Å². The van der Waals surface area contributed by atoms with Gasteiger partial charge < -0.3 is 15.0 Å². The highest BCUT2D eigenvalue weighted by molar-refractivity contribution is 5.91. The molecule has 0 radical (unpaired) electrons. The molecule has 2 aromatic heterocycles. The third-order valence-electron chi connectivity index (χ3n) is 8.14. The number of hydrogen-bond donors (Lipinski definition) is 2. The Morgan fingerprint density at radius 1 is 1.08 bits per heavy atom. The van der Waals surface area contributed by atoms with Crippen LogP contribution in [0.3, 0.4) is 0 Å². The van der Waals surface area contributed by atoms with Gasteiger partial charge in [0.2, 0.25) is 5.82 Å². The summed E-state index contributed by atoms with van der Waals surface area (Å²) >= 11 is 0. The predicted molar refractivity (Wildman–Crippen MR) is 140 cm³/mol. The summed E-state index contributed by atoms with van der Waals surface area (Å²) in [5, 5.41) is 13.2. The van der Waals surface area contributed by atoms with Gasteiger partial charge in [0.15, 0.2) is 11.5 Å². The summed E-state index contributed by atoms with van der Waals surface area (Å²) in [6.07, 6.45) is 0.586. The first-order valence-corrected chi connectivity index (χ1v) is 13.2. The van der Waals surface area contributed by atoms with Crippen molar-refractivity contribution in [3.8, 4) is 0 Å². The normalized spacial score (nSPS) is 17.5. The molecule has 0 spiro atoms. The van der Waals surface area contributed by atoms with Crippen LogP contribution in [0.15, 0.2) is 54.6 Å². The SMILES string of the molecule is CC(Nc1nc(C(=O)O)nc2nc(C3(c4ccccc4)CC3)n(Cc3ccc(C(F)(F)F)cc3)c12)C1CCC1. The van der Waals surface area contributed by atoms with E-state index >= 15 is 0 Å². The van der Waals surface area contributed by atoms with Gasteiger partial charge in [-0.3, -0.25) is 0 Å². The van der Waals surface area contributed by atoms with Crippen LogP contribution < -0.4 is 5.32 Å². The van der Waals surface area contributed by atoms with Crippen LogP contribution in [0.4, 0.5) is 19.0 Å². The van der Waals surface area contributed by atoms with E-state index in [0.29, 0.717) is 28.6 Å². The second-order valence-corrected chi connectivity index (χ2v) is 10.7. The third-order valence-corrected chi connectivity index (χ3v) is 8.14. The first-order valence-electron chi connectivity index (χ1n) is 13.2. The van der Waals surface area contributed by atoms with Crippen LogP contribution in [0.5, 0.6) is 0 Å². The molecule has 2 aliphatic carbocycles. The second-order valence-electron chi connectivity index (χ2n) is 10.7. The van der Waals surface area contributed by atoms with Crippen molar-refractivity contribution < 1.29 is 23.1 Å². The minimum absolute atomic E-state index is 0.0559. The summed E-state index contributed by atoms with van der Waals surface area (Å²) in [5.41, 5.74) is 1.45. The Morgan fingerprint density at radius 2 is 1.77 bits per heavy atom. The van der Waals surface area contributed by atoms with Crippen LogP contribution in [0.25, 0.3) is 11.2 Å². The van der Waals surface area contributed by atoms with E-state index in [0.717, 1.165) is 49.8 Å². The van der Waals surface area contributed by atoms with Gasteiger partial charge in [0, 0.05) is 12.6 Å². The molecule has 202 valence electrons. The van der Waals surface area contributed by atoms with E-state index in [1.54, 1.807) is 0 Å². The number of rotatable bonds is 8. The monoisotopic (exact) mass is 535 g/mol. The number of carboxylic acids is 1. The molecule has 39 heavy (non-hydrogen) atoms. The Bertz CT molecular complexity index is 1520. The molecule has 0 amide bonds. The molecule has 6 rings (SSSR count). The summed E-state index contributed by atoms with van der Waals surface area (Å²) < 4.78 is 41.6. The van der Waals surface area contributed by atoms with Crippen molar-refractivity contribution in [2.45, 2.75) is 63.2 Å². The summed E-state index contributed by atoms with van der Waals surface area (Å²) in [6.45, 7) is 2.29. The number of carbonyl (C=O) groups is 1. The van der Waals surface area contributed by atoms with Crippen molar-refractivity contribution in [1.82, 2.24) is 19.5 Å². The van der Waals surface area contributed by atoms with Crippen LogP contribution in [0.1, 0.15) is 72.2 Å². The number of halogens is 3. The van der Waals surface area contributed by atoms with Crippen molar-refractivity contribution in [3.05, 3.63) is 82.9 Å². The van der Waals surface area contributed by atoms with Gasteiger partial charge in [-0.15, -0.1) is 0 Å². The lowest BCUT2D eigenvalue weighted by Gasteiger charge is -2.32. The Labute approximate surface area is 223 Å². The van der Waals surface area contributed by atoms with Gasteiger partial charge in [-0.1, -0.05) is 48.9 Å².